The first-order valence-corrected chi connectivity index (χ1v) is 7.13. The summed E-state index contributed by atoms with van der Waals surface area (Å²) in [5.74, 6) is -0.160. The Morgan fingerprint density at radius 2 is 1.90 bits per heavy atom. The Hall–Kier alpha value is -1.76. The number of carbonyl (C=O) groups is 1. The van der Waals surface area contributed by atoms with Crippen molar-refractivity contribution in [2.24, 2.45) is 0 Å². The fourth-order valence-corrected chi connectivity index (χ4v) is 2.16. The summed E-state index contributed by atoms with van der Waals surface area (Å²) in [6, 6.07) is 8.50. The van der Waals surface area contributed by atoms with Crippen LogP contribution in [-0.2, 0) is 0 Å². The van der Waals surface area contributed by atoms with E-state index in [1.807, 2.05) is 48.6 Å². The molecule has 4 N–H and O–H groups in total. The van der Waals surface area contributed by atoms with Crippen molar-refractivity contribution in [1.82, 2.24) is 0 Å². The molecule has 0 aliphatic heterocycles. The van der Waals surface area contributed by atoms with Crippen LogP contribution in [0.4, 0.5) is 11.4 Å². The molecule has 0 aliphatic carbocycles. The Balaban J connectivity index is 2.27. The number of aromatic hydroxyl groups is 1. The summed E-state index contributed by atoms with van der Waals surface area (Å²) in [4.78, 5) is 12.2. The third-order valence-electron chi connectivity index (χ3n) is 3.07. The monoisotopic (exact) mass is 382 g/mol. The second-order valence-electron chi connectivity index (χ2n) is 4.64. The summed E-state index contributed by atoms with van der Waals surface area (Å²) < 4.78 is 0.707. The van der Waals surface area contributed by atoms with Gasteiger partial charge in [-0.3, -0.25) is 4.79 Å². The number of carbonyl (C=O) groups excluding carboxylic acids is 1. The van der Waals surface area contributed by atoms with Gasteiger partial charge in [-0.2, -0.15) is 0 Å². The van der Waals surface area contributed by atoms with Gasteiger partial charge in [0.2, 0.25) is 0 Å². The number of hydrogen-bond donors (Lipinski definition) is 3. The van der Waals surface area contributed by atoms with Crippen molar-refractivity contribution < 1.29 is 9.90 Å². The lowest BCUT2D eigenvalue weighted by Crippen LogP contribution is -2.13. The molecule has 0 unspecified atom stereocenters. The number of phenolic OH excluding ortho intramolecular Hbond substituents is 1. The molecule has 0 radical (unpaired) electrons. The highest BCUT2D eigenvalue weighted by Gasteiger charge is 2.10. The number of nitrogens with one attached hydrogen (secondary N) is 1. The predicted octanol–water partition coefficient (Wildman–Crippen LogP) is 3.45. The molecule has 0 aromatic heterocycles. The third kappa shape index (κ3) is 3.04. The van der Waals surface area contributed by atoms with E-state index in [2.05, 4.69) is 5.32 Å². The third-order valence-corrected chi connectivity index (χ3v) is 3.98. The number of phenols is 1. The van der Waals surface area contributed by atoms with Crippen LogP contribution in [0.15, 0.2) is 30.3 Å². The average Bonchev–Trinajstić information content (AvgIpc) is 2.39. The van der Waals surface area contributed by atoms with Gasteiger partial charge in [-0.15, -0.1) is 0 Å². The zero-order valence-electron chi connectivity index (χ0n) is 11.2. The minimum Gasteiger partial charge on any atom is -0.507 e. The van der Waals surface area contributed by atoms with Crippen LogP contribution < -0.4 is 11.1 Å². The maximum absolute atomic E-state index is 12.2. The molecule has 0 fully saturated rings. The summed E-state index contributed by atoms with van der Waals surface area (Å²) in [6.45, 7) is 3.78. The molecule has 20 heavy (non-hydrogen) atoms. The highest BCUT2D eigenvalue weighted by Crippen LogP contribution is 2.24. The normalized spacial score (nSPS) is 10.3. The second-order valence-corrected chi connectivity index (χ2v) is 5.81. The highest BCUT2D eigenvalue weighted by atomic mass is 127. The number of benzene rings is 2. The van der Waals surface area contributed by atoms with Gasteiger partial charge in [0.15, 0.2) is 0 Å². The van der Waals surface area contributed by atoms with Crippen molar-refractivity contribution in [2.45, 2.75) is 13.8 Å². The SMILES string of the molecule is Cc1cc(NC(=O)c2ccc(I)c(O)c2)c(C)cc1N. The minimum atomic E-state index is -0.260. The van der Waals surface area contributed by atoms with Gasteiger partial charge in [-0.1, -0.05) is 0 Å². The molecule has 2 rings (SSSR count). The Labute approximate surface area is 131 Å². The molecule has 4 nitrogen and oxygen atoms in total. The Morgan fingerprint density at radius 1 is 1.20 bits per heavy atom. The Bertz CT molecular complexity index is 684. The zero-order chi connectivity index (χ0) is 14.9. The van der Waals surface area contributed by atoms with Crippen LogP contribution >= 0.6 is 22.6 Å². The van der Waals surface area contributed by atoms with E-state index in [1.165, 1.54) is 6.07 Å². The number of amides is 1. The lowest BCUT2D eigenvalue weighted by Gasteiger charge is -2.11. The first-order valence-electron chi connectivity index (χ1n) is 6.05. The van der Waals surface area contributed by atoms with Crippen LogP contribution in [0.25, 0.3) is 0 Å². The van der Waals surface area contributed by atoms with Gasteiger partial charge < -0.3 is 16.2 Å². The number of halogens is 1. The molecule has 0 atom stereocenters. The summed E-state index contributed by atoms with van der Waals surface area (Å²) in [5.41, 5.74) is 9.47. The summed E-state index contributed by atoms with van der Waals surface area (Å²) in [5, 5.41) is 12.5. The molecule has 104 valence electrons. The Morgan fingerprint density at radius 3 is 2.55 bits per heavy atom. The first-order chi connectivity index (χ1) is 9.38. The molecule has 0 spiro atoms. The van der Waals surface area contributed by atoms with Crippen molar-refractivity contribution in [3.05, 3.63) is 50.6 Å². The number of hydrogen-bond acceptors (Lipinski definition) is 3. The fraction of sp³-hybridized carbons (Fsp3) is 0.133. The van der Waals surface area contributed by atoms with Crippen LogP contribution in [-0.4, -0.2) is 11.0 Å². The minimum absolute atomic E-state index is 0.100. The van der Waals surface area contributed by atoms with E-state index in [0.717, 1.165) is 16.8 Å². The van der Waals surface area contributed by atoms with Gasteiger partial charge in [0, 0.05) is 16.9 Å². The number of aryl methyl sites for hydroxylation is 2. The lowest BCUT2D eigenvalue weighted by molar-refractivity contribution is 0.102. The summed E-state index contributed by atoms with van der Waals surface area (Å²) in [7, 11) is 0. The van der Waals surface area contributed by atoms with Crippen molar-refractivity contribution in [3.8, 4) is 5.75 Å². The van der Waals surface area contributed by atoms with Crippen LogP contribution in [0.2, 0.25) is 0 Å². The molecule has 0 saturated carbocycles. The second kappa shape index (κ2) is 5.70. The van der Waals surface area contributed by atoms with E-state index in [0.29, 0.717) is 14.8 Å². The van der Waals surface area contributed by atoms with Crippen LogP contribution in [0, 0.1) is 17.4 Å². The summed E-state index contributed by atoms with van der Waals surface area (Å²) >= 11 is 2.01. The number of nitrogens with two attached hydrogens (primary N) is 1. The molecule has 0 heterocycles. The van der Waals surface area contributed by atoms with Crippen LogP contribution in [0.5, 0.6) is 5.75 Å². The van der Waals surface area contributed by atoms with Gasteiger partial charge in [0.05, 0.1) is 3.57 Å². The number of nitrogen functional groups attached to an aromatic ring is 1. The quantitative estimate of drug-likeness (QED) is 0.550. The largest absolute Gasteiger partial charge is 0.507 e. The molecule has 2 aromatic carbocycles. The summed E-state index contributed by atoms with van der Waals surface area (Å²) in [6.07, 6.45) is 0. The van der Waals surface area contributed by atoms with Crippen molar-refractivity contribution in [2.75, 3.05) is 11.1 Å². The van der Waals surface area contributed by atoms with E-state index < -0.39 is 0 Å². The smallest absolute Gasteiger partial charge is 0.255 e. The van der Waals surface area contributed by atoms with E-state index in [-0.39, 0.29) is 11.7 Å². The topological polar surface area (TPSA) is 75.3 Å². The molecule has 2 aromatic rings. The van der Waals surface area contributed by atoms with Crippen molar-refractivity contribution >= 4 is 39.9 Å². The zero-order valence-corrected chi connectivity index (χ0v) is 13.4. The predicted molar refractivity (Wildman–Crippen MR) is 89.1 cm³/mol. The van der Waals surface area contributed by atoms with Crippen LogP contribution in [0.1, 0.15) is 21.5 Å². The molecule has 0 bridgehead atoms. The van der Waals surface area contributed by atoms with Crippen LogP contribution in [0.3, 0.4) is 0 Å². The fourth-order valence-electron chi connectivity index (χ4n) is 1.82. The number of anilines is 2. The maximum Gasteiger partial charge on any atom is 0.255 e. The van der Waals surface area contributed by atoms with Gasteiger partial charge in [0.25, 0.3) is 5.91 Å². The van der Waals surface area contributed by atoms with E-state index in [1.54, 1.807) is 12.1 Å². The van der Waals surface area contributed by atoms with Gasteiger partial charge in [0.1, 0.15) is 5.75 Å². The van der Waals surface area contributed by atoms with Crippen molar-refractivity contribution in [1.29, 1.82) is 0 Å². The van der Waals surface area contributed by atoms with Gasteiger partial charge >= 0.3 is 0 Å². The molecule has 1 amide bonds. The maximum atomic E-state index is 12.2. The molecule has 5 heteroatoms. The van der Waals surface area contributed by atoms with Crippen molar-refractivity contribution in [3.63, 3.8) is 0 Å². The van der Waals surface area contributed by atoms with E-state index >= 15 is 0 Å². The lowest BCUT2D eigenvalue weighted by atomic mass is 10.1. The van der Waals surface area contributed by atoms with E-state index in [9.17, 15) is 9.90 Å². The highest BCUT2D eigenvalue weighted by molar-refractivity contribution is 14.1. The Kier molecular flexibility index (Phi) is 4.17. The van der Waals surface area contributed by atoms with Gasteiger partial charge in [-0.05, 0) is 77.9 Å². The first kappa shape index (κ1) is 14.6. The van der Waals surface area contributed by atoms with E-state index in [4.69, 9.17) is 5.73 Å². The molecular formula is C15H15IN2O2. The van der Waals surface area contributed by atoms with Gasteiger partial charge in [-0.25, -0.2) is 0 Å². The average molecular weight is 382 g/mol. The molecule has 0 saturated heterocycles. The molecule has 0 aliphatic rings. The molecular weight excluding hydrogens is 367 g/mol. The number of rotatable bonds is 2. The standard InChI is InChI=1S/C15H15IN2O2/c1-8-6-13(9(2)5-12(8)17)18-15(20)10-3-4-11(16)14(19)7-10/h3-7,19H,17H2,1-2H3,(H,18,20).